The second kappa shape index (κ2) is 8.70. The van der Waals surface area contributed by atoms with Crippen molar-refractivity contribution in [1.82, 2.24) is 0 Å². The molecule has 0 aromatic heterocycles. The molecule has 0 amide bonds. The predicted octanol–water partition coefficient (Wildman–Crippen LogP) is 5.15. The summed E-state index contributed by atoms with van der Waals surface area (Å²) in [6.07, 6.45) is 8.02. The smallest absolute Gasteiger partial charge is 0.314 e. The fourth-order valence-corrected chi connectivity index (χ4v) is 3.97. The molecule has 4 heteroatoms. The van der Waals surface area contributed by atoms with Gasteiger partial charge < -0.3 is 9.47 Å². The summed E-state index contributed by atoms with van der Waals surface area (Å²) in [6, 6.07) is 6.81. The number of rotatable bonds is 4. The normalized spacial score (nSPS) is 29.0. The van der Waals surface area contributed by atoms with Crippen molar-refractivity contribution < 1.29 is 19.1 Å². The number of carbonyl (C=O) groups is 2. The second-order valence-electron chi connectivity index (χ2n) is 8.23. The van der Waals surface area contributed by atoms with Crippen molar-refractivity contribution in [2.75, 3.05) is 0 Å². The molecule has 0 heterocycles. The van der Waals surface area contributed by atoms with Crippen molar-refractivity contribution in [1.29, 1.82) is 0 Å². The van der Waals surface area contributed by atoms with E-state index in [0.717, 1.165) is 51.4 Å². The van der Waals surface area contributed by atoms with Gasteiger partial charge in [-0.05, 0) is 87.5 Å². The number of hydrogen-bond donors (Lipinski definition) is 0. The molecule has 0 saturated heterocycles. The quantitative estimate of drug-likeness (QED) is 0.552. The van der Waals surface area contributed by atoms with Crippen LogP contribution in [-0.4, -0.2) is 11.9 Å². The van der Waals surface area contributed by atoms with E-state index in [4.69, 9.17) is 9.47 Å². The predicted molar refractivity (Wildman–Crippen MR) is 100.0 cm³/mol. The highest BCUT2D eigenvalue weighted by molar-refractivity contribution is 5.76. The Labute approximate surface area is 156 Å². The molecule has 0 unspecified atom stereocenters. The Bertz CT molecular complexity index is 551. The average Bonchev–Trinajstić information content (AvgIpc) is 2.64. The number of carbonyl (C=O) groups excluding carboxylic acids is 2. The monoisotopic (exact) mass is 358 g/mol. The van der Waals surface area contributed by atoms with Gasteiger partial charge in [0.1, 0.15) is 11.5 Å². The largest absolute Gasteiger partial charge is 0.426 e. The van der Waals surface area contributed by atoms with E-state index in [9.17, 15) is 9.59 Å². The Morgan fingerprint density at radius 3 is 1.27 bits per heavy atom. The highest BCUT2D eigenvalue weighted by Crippen LogP contribution is 2.31. The van der Waals surface area contributed by atoms with Gasteiger partial charge in [0.15, 0.2) is 0 Å². The highest BCUT2D eigenvalue weighted by atomic mass is 16.5. The summed E-state index contributed by atoms with van der Waals surface area (Å²) in [5, 5.41) is 0. The SMILES string of the molecule is C[C@H]1CC[C@H](C(=O)Oc2ccc(OC(=O)[C@H]3CC[C@H](C)CC3)cc2)CC1. The van der Waals surface area contributed by atoms with Gasteiger partial charge in [0.05, 0.1) is 11.8 Å². The summed E-state index contributed by atoms with van der Waals surface area (Å²) in [5.74, 6) is 2.19. The van der Waals surface area contributed by atoms with Gasteiger partial charge >= 0.3 is 11.9 Å². The maximum absolute atomic E-state index is 12.3. The Balaban J connectivity index is 1.48. The van der Waals surface area contributed by atoms with E-state index in [-0.39, 0.29) is 23.8 Å². The van der Waals surface area contributed by atoms with Crippen LogP contribution in [0.4, 0.5) is 0 Å². The van der Waals surface area contributed by atoms with E-state index in [0.29, 0.717) is 23.3 Å². The molecular weight excluding hydrogens is 328 g/mol. The Hall–Kier alpha value is -1.84. The molecular formula is C22H30O4. The van der Waals surface area contributed by atoms with Crippen molar-refractivity contribution in [3.63, 3.8) is 0 Å². The van der Waals surface area contributed by atoms with Crippen LogP contribution in [0.5, 0.6) is 11.5 Å². The van der Waals surface area contributed by atoms with Crippen LogP contribution < -0.4 is 9.47 Å². The van der Waals surface area contributed by atoms with E-state index >= 15 is 0 Å². The first kappa shape index (κ1) is 18.9. The summed E-state index contributed by atoms with van der Waals surface area (Å²) in [4.78, 5) is 24.5. The Kier molecular flexibility index (Phi) is 6.33. The fraction of sp³-hybridized carbons (Fsp3) is 0.636. The molecule has 0 atom stereocenters. The van der Waals surface area contributed by atoms with Crippen molar-refractivity contribution in [2.45, 2.75) is 65.2 Å². The summed E-state index contributed by atoms with van der Waals surface area (Å²) in [7, 11) is 0. The zero-order chi connectivity index (χ0) is 18.5. The molecule has 0 spiro atoms. The molecule has 4 nitrogen and oxygen atoms in total. The lowest BCUT2D eigenvalue weighted by Gasteiger charge is -2.24. The Morgan fingerprint density at radius 2 is 0.962 bits per heavy atom. The summed E-state index contributed by atoms with van der Waals surface area (Å²) in [6.45, 7) is 4.46. The molecule has 2 saturated carbocycles. The van der Waals surface area contributed by atoms with Crippen molar-refractivity contribution in [3.05, 3.63) is 24.3 Å². The van der Waals surface area contributed by atoms with Crippen molar-refractivity contribution in [3.8, 4) is 11.5 Å². The van der Waals surface area contributed by atoms with Crippen LogP contribution in [0.1, 0.15) is 65.2 Å². The highest BCUT2D eigenvalue weighted by Gasteiger charge is 2.27. The van der Waals surface area contributed by atoms with Crippen LogP contribution in [0.15, 0.2) is 24.3 Å². The lowest BCUT2D eigenvalue weighted by atomic mass is 9.83. The zero-order valence-corrected chi connectivity index (χ0v) is 15.9. The molecule has 1 aromatic rings. The first-order chi connectivity index (χ1) is 12.5. The first-order valence-electron chi connectivity index (χ1n) is 10.0. The number of esters is 2. The van der Waals surface area contributed by atoms with Crippen LogP contribution >= 0.6 is 0 Å². The van der Waals surface area contributed by atoms with E-state index < -0.39 is 0 Å². The van der Waals surface area contributed by atoms with Gasteiger partial charge in [-0.15, -0.1) is 0 Å². The van der Waals surface area contributed by atoms with E-state index in [1.54, 1.807) is 24.3 Å². The van der Waals surface area contributed by atoms with Gasteiger partial charge in [-0.2, -0.15) is 0 Å². The molecule has 3 rings (SSSR count). The molecule has 0 bridgehead atoms. The van der Waals surface area contributed by atoms with E-state index in [1.165, 1.54) is 0 Å². The van der Waals surface area contributed by atoms with Crippen LogP contribution in [-0.2, 0) is 9.59 Å². The van der Waals surface area contributed by atoms with Crippen LogP contribution in [0.25, 0.3) is 0 Å². The standard InChI is InChI=1S/C22H30O4/c1-15-3-7-17(8-4-15)21(23)25-19-11-13-20(14-12-19)26-22(24)18-9-5-16(2)6-10-18/h11-18H,3-10H2,1-2H3/t15-,16-,17-,18-. The third-order valence-electron chi connectivity index (χ3n) is 5.96. The minimum Gasteiger partial charge on any atom is -0.426 e. The lowest BCUT2D eigenvalue weighted by Crippen LogP contribution is -2.25. The summed E-state index contributed by atoms with van der Waals surface area (Å²) < 4.78 is 11.0. The molecule has 142 valence electrons. The van der Waals surface area contributed by atoms with E-state index in [2.05, 4.69) is 13.8 Å². The van der Waals surface area contributed by atoms with Crippen molar-refractivity contribution in [2.24, 2.45) is 23.7 Å². The molecule has 2 aliphatic rings. The lowest BCUT2D eigenvalue weighted by molar-refractivity contribution is -0.141. The zero-order valence-electron chi connectivity index (χ0n) is 15.9. The van der Waals surface area contributed by atoms with Crippen molar-refractivity contribution >= 4 is 11.9 Å². The van der Waals surface area contributed by atoms with Gasteiger partial charge in [-0.3, -0.25) is 9.59 Å². The third kappa shape index (κ3) is 5.09. The molecule has 2 aliphatic carbocycles. The topological polar surface area (TPSA) is 52.6 Å². The Morgan fingerprint density at radius 1 is 0.654 bits per heavy atom. The van der Waals surface area contributed by atoms with Crippen LogP contribution in [0.2, 0.25) is 0 Å². The molecule has 1 aromatic carbocycles. The minimum absolute atomic E-state index is 0.0115. The molecule has 26 heavy (non-hydrogen) atoms. The third-order valence-corrected chi connectivity index (χ3v) is 5.96. The van der Waals surface area contributed by atoms with E-state index in [1.807, 2.05) is 0 Å². The first-order valence-corrected chi connectivity index (χ1v) is 10.0. The number of ether oxygens (including phenoxy) is 2. The van der Waals surface area contributed by atoms with Gasteiger partial charge in [0.25, 0.3) is 0 Å². The maximum Gasteiger partial charge on any atom is 0.314 e. The van der Waals surface area contributed by atoms with Gasteiger partial charge in [0.2, 0.25) is 0 Å². The van der Waals surface area contributed by atoms with Gasteiger partial charge in [0, 0.05) is 0 Å². The molecule has 0 N–H and O–H groups in total. The molecule has 2 fully saturated rings. The fourth-order valence-electron chi connectivity index (χ4n) is 3.97. The summed E-state index contributed by atoms with van der Waals surface area (Å²) >= 11 is 0. The average molecular weight is 358 g/mol. The maximum atomic E-state index is 12.3. The van der Waals surface area contributed by atoms with Crippen LogP contribution in [0.3, 0.4) is 0 Å². The molecule has 0 radical (unpaired) electrons. The number of benzene rings is 1. The van der Waals surface area contributed by atoms with Gasteiger partial charge in [-0.25, -0.2) is 0 Å². The van der Waals surface area contributed by atoms with Crippen LogP contribution in [0, 0.1) is 23.7 Å². The van der Waals surface area contributed by atoms with Gasteiger partial charge in [-0.1, -0.05) is 13.8 Å². The molecule has 0 aliphatic heterocycles. The second-order valence-corrected chi connectivity index (χ2v) is 8.23. The summed E-state index contributed by atoms with van der Waals surface area (Å²) in [5.41, 5.74) is 0. The minimum atomic E-state index is -0.141. The number of hydrogen-bond acceptors (Lipinski definition) is 4.